The minimum Gasteiger partial charge on any atom is -0.309 e. The molecule has 0 N–H and O–H groups in total. The average Bonchev–Trinajstić information content (AvgIpc) is 3.23. The molecule has 6 aromatic rings. The predicted octanol–water partition coefficient (Wildman–Crippen LogP) is 7.38. The summed E-state index contributed by atoms with van der Waals surface area (Å²) in [6.45, 7) is 0. The molecule has 0 aliphatic heterocycles. The van der Waals surface area contributed by atoms with Gasteiger partial charge in [-0.05, 0) is 23.8 Å². The van der Waals surface area contributed by atoms with Gasteiger partial charge >= 0.3 is 0 Å². The van der Waals surface area contributed by atoms with E-state index in [4.69, 9.17) is 0 Å². The Morgan fingerprint density at radius 1 is 0.606 bits per heavy atom. The highest BCUT2D eigenvalue weighted by Gasteiger charge is 2.18. The molecule has 0 saturated heterocycles. The highest BCUT2D eigenvalue weighted by molar-refractivity contribution is 6.09. The number of nitriles is 1. The fourth-order valence-electron chi connectivity index (χ4n) is 4.73. The molecule has 0 amide bonds. The number of hydrogen-bond donors (Lipinski definition) is 0. The molecule has 4 aromatic carbocycles. The van der Waals surface area contributed by atoms with Gasteiger partial charge in [-0.25, -0.2) is 0 Å². The molecule has 3 heteroatoms. The van der Waals surface area contributed by atoms with Crippen molar-refractivity contribution in [3.63, 3.8) is 0 Å². The van der Waals surface area contributed by atoms with Crippen LogP contribution in [0.15, 0.2) is 116 Å². The van der Waals surface area contributed by atoms with E-state index in [9.17, 15) is 5.26 Å². The van der Waals surface area contributed by atoms with Gasteiger partial charge in [0.25, 0.3) is 0 Å². The standard InChI is InChI=1S/C30H19N3/c31-19-26-22(21-9-2-1-3-10-21)13-8-14-23(26)24-11-4-6-15-28(24)33-29-16-7-5-12-25(29)27-20-32-18-17-30(27)33/h1-18,20H. The fourth-order valence-corrected chi connectivity index (χ4v) is 4.73. The lowest BCUT2D eigenvalue weighted by Crippen LogP contribution is -1.99. The number of pyridine rings is 1. The lowest BCUT2D eigenvalue weighted by Gasteiger charge is -2.16. The molecule has 0 radical (unpaired) electrons. The van der Waals surface area contributed by atoms with Gasteiger partial charge < -0.3 is 4.57 Å². The van der Waals surface area contributed by atoms with Crippen LogP contribution in [0.4, 0.5) is 0 Å². The summed E-state index contributed by atoms with van der Waals surface area (Å²) in [7, 11) is 0. The van der Waals surface area contributed by atoms with E-state index in [2.05, 4.69) is 58.1 Å². The van der Waals surface area contributed by atoms with Gasteiger partial charge in [-0.1, -0.05) is 84.9 Å². The van der Waals surface area contributed by atoms with Gasteiger partial charge in [-0.15, -0.1) is 0 Å². The van der Waals surface area contributed by atoms with Gasteiger partial charge in [0.15, 0.2) is 0 Å². The zero-order valence-corrected chi connectivity index (χ0v) is 17.8. The van der Waals surface area contributed by atoms with Crippen LogP contribution in [0.2, 0.25) is 0 Å². The predicted molar refractivity (Wildman–Crippen MR) is 134 cm³/mol. The van der Waals surface area contributed by atoms with Crippen LogP contribution in [0.1, 0.15) is 5.56 Å². The van der Waals surface area contributed by atoms with Crippen LogP contribution >= 0.6 is 0 Å². The minimum atomic E-state index is 0.679. The second kappa shape index (κ2) is 7.78. The van der Waals surface area contributed by atoms with E-state index in [0.717, 1.165) is 49.7 Å². The summed E-state index contributed by atoms with van der Waals surface area (Å²) in [5.41, 5.74) is 7.85. The Morgan fingerprint density at radius 2 is 1.30 bits per heavy atom. The average molecular weight is 422 g/mol. The normalized spacial score (nSPS) is 11.0. The van der Waals surface area contributed by atoms with Gasteiger partial charge in [-0.3, -0.25) is 4.98 Å². The minimum absolute atomic E-state index is 0.679. The molecule has 0 unspecified atom stereocenters. The summed E-state index contributed by atoms with van der Waals surface area (Å²) >= 11 is 0. The van der Waals surface area contributed by atoms with Gasteiger partial charge in [-0.2, -0.15) is 5.26 Å². The number of para-hydroxylation sites is 2. The summed E-state index contributed by atoms with van der Waals surface area (Å²) < 4.78 is 2.28. The van der Waals surface area contributed by atoms with Crippen LogP contribution < -0.4 is 0 Å². The number of benzene rings is 4. The van der Waals surface area contributed by atoms with Crippen molar-refractivity contribution in [2.45, 2.75) is 0 Å². The maximum atomic E-state index is 10.2. The van der Waals surface area contributed by atoms with Crippen LogP contribution in [-0.2, 0) is 0 Å². The number of rotatable bonds is 3. The molecule has 33 heavy (non-hydrogen) atoms. The third-order valence-corrected chi connectivity index (χ3v) is 6.17. The number of hydrogen-bond acceptors (Lipinski definition) is 2. The van der Waals surface area contributed by atoms with Gasteiger partial charge in [0.05, 0.1) is 22.3 Å². The zero-order chi connectivity index (χ0) is 22.2. The molecule has 0 bridgehead atoms. The first-order valence-electron chi connectivity index (χ1n) is 10.9. The molecule has 2 aromatic heterocycles. The molecule has 0 aliphatic rings. The third-order valence-electron chi connectivity index (χ3n) is 6.17. The lowest BCUT2D eigenvalue weighted by molar-refractivity contribution is 1.18. The Bertz CT molecular complexity index is 1620. The molecule has 0 aliphatic carbocycles. The second-order valence-electron chi connectivity index (χ2n) is 7.97. The van der Waals surface area contributed by atoms with E-state index in [1.807, 2.05) is 73.1 Å². The Balaban J connectivity index is 1.67. The van der Waals surface area contributed by atoms with Crippen molar-refractivity contribution < 1.29 is 0 Å². The van der Waals surface area contributed by atoms with Crippen molar-refractivity contribution in [1.29, 1.82) is 5.26 Å². The Labute approximate surface area is 191 Å². The zero-order valence-electron chi connectivity index (χ0n) is 17.8. The largest absolute Gasteiger partial charge is 0.309 e. The van der Waals surface area contributed by atoms with E-state index in [1.54, 1.807) is 0 Å². The Morgan fingerprint density at radius 3 is 2.18 bits per heavy atom. The van der Waals surface area contributed by atoms with Crippen LogP contribution in [-0.4, -0.2) is 9.55 Å². The van der Waals surface area contributed by atoms with Gasteiger partial charge in [0, 0.05) is 39.9 Å². The van der Waals surface area contributed by atoms with Crippen LogP contribution in [0, 0.1) is 11.3 Å². The maximum Gasteiger partial charge on any atom is 0.100 e. The van der Waals surface area contributed by atoms with Crippen molar-refractivity contribution in [1.82, 2.24) is 9.55 Å². The summed E-state index contributed by atoms with van der Waals surface area (Å²) in [6, 6.07) is 37.4. The van der Waals surface area contributed by atoms with Crippen molar-refractivity contribution in [2.24, 2.45) is 0 Å². The van der Waals surface area contributed by atoms with E-state index in [0.29, 0.717) is 5.56 Å². The first kappa shape index (κ1) is 19.0. The van der Waals surface area contributed by atoms with E-state index in [-0.39, 0.29) is 0 Å². The molecule has 6 rings (SSSR count). The number of nitrogens with zero attached hydrogens (tertiary/aromatic N) is 3. The summed E-state index contributed by atoms with van der Waals surface area (Å²) in [5.74, 6) is 0. The molecule has 0 atom stereocenters. The summed E-state index contributed by atoms with van der Waals surface area (Å²) in [5, 5.41) is 12.5. The smallest absolute Gasteiger partial charge is 0.100 e. The SMILES string of the molecule is N#Cc1c(-c2ccccc2)cccc1-c1ccccc1-n1c2ccccc2c2cnccc21. The van der Waals surface area contributed by atoms with Crippen molar-refractivity contribution >= 4 is 21.8 Å². The number of aromatic nitrogens is 2. The molecule has 0 spiro atoms. The molecular weight excluding hydrogens is 402 g/mol. The molecule has 2 heterocycles. The first-order chi connectivity index (χ1) is 16.4. The van der Waals surface area contributed by atoms with Crippen molar-refractivity contribution in [3.05, 3.63) is 121 Å². The van der Waals surface area contributed by atoms with Gasteiger partial charge in [0.2, 0.25) is 0 Å². The molecule has 3 nitrogen and oxygen atoms in total. The highest BCUT2D eigenvalue weighted by Crippen LogP contribution is 2.38. The maximum absolute atomic E-state index is 10.2. The number of fused-ring (bicyclic) bond motifs is 3. The quantitative estimate of drug-likeness (QED) is 0.299. The van der Waals surface area contributed by atoms with E-state index >= 15 is 0 Å². The molecular formula is C30H19N3. The monoisotopic (exact) mass is 421 g/mol. The summed E-state index contributed by atoms with van der Waals surface area (Å²) in [6.07, 6.45) is 3.75. The summed E-state index contributed by atoms with van der Waals surface area (Å²) in [4.78, 5) is 4.37. The van der Waals surface area contributed by atoms with Crippen LogP contribution in [0.3, 0.4) is 0 Å². The van der Waals surface area contributed by atoms with E-state index < -0.39 is 0 Å². The highest BCUT2D eigenvalue weighted by atomic mass is 15.0. The second-order valence-corrected chi connectivity index (χ2v) is 7.97. The van der Waals surface area contributed by atoms with Crippen LogP contribution in [0.25, 0.3) is 49.7 Å². The molecule has 154 valence electrons. The Kier molecular flexibility index (Phi) is 4.49. The first-order valence-corrected chi connectivity index (χ1v) is 10.9. The third kappa shape index (κ3) is 3.01. The Hall–Kier alpha value is -4.68. The van der Waals surface area contributed by atoms with Crippen LogP contribution in [0.5, 0.6) is 0 Å². The van der Waals surface area contributed by atoms with Crippen molar-refractivity contribution in [2.75, 3.05) is 0 Å². The molecule has 0 fully saturated rings. The molecule has 0 saturated carbocycles. The van der Waals surface area contributed by atoms with Gasteiger partial charge in [0.1, 0.15) is 6.07 Å². The lowest BCUT2D eigenvalue weighted by atomic mass is 9.91. The van der Waals surface area contributed by atoms with Crippen molar-refractivity contribution in [3.8, 4) is 34.0 Å². The van der Waals surface area contributed by atoms with E-state index in [1.165, 1.54) is 0 Å². The fraction of sp³-hybridized carbons (Fsp3) is 0. The topological polar surface area (TPSA) is 41.6 Å².